The minimum Gasteiger partial charge on any atom is -0.485 e. The van der Waals surface area contributed by atoms with E-state index in [9.17, 15) is 5.11 Å². The predicted octanol–water partition coefficient (Wildman–Crippen LogP) is 5.21. The van der Waals surface area contributed by atoms with Crippen LogP contribution in [-0.2, 0) is 19.6 Å². The van der Waals surface area contributed by atoms with Gasteiger partial charge < -0.3 is 14.6 Å². The summed E-state index contributed by atoms with van der Waals surface area (Å²) in [5.41, 5.74) is 4.27. The summed E-state index contributed by atoms with van der Waals surface area (Å²) in [6.45, 7) is 0.971. The third kappa shape index (κ3) is 4.15. The van der Waals surface area contributed by atoms with Crippen LogP contribution < -0.4 is 9.47 Å². The van der Waals surface area contributed by atoms with Gasteiger partial charge in [-0.05, 0) is 42.0 Å². The molecule has 0 saturated carbocycles. The summed E-state index contributed by atoms with van der Waals surface area (Å²) in [5.74, 6) is 1.51. The average molecular weight is 360 g/mol. The lowest BCUT2D eigenvalue weighted by atomic mass is 9.88. The molecule has 0 aliphatic heterocycles. The number of fused-ring (bicyclic) bond motifs is 1. The van der Waals surface area contributed by atoms with Crippen molar-refractivity contribution in [2.24, 2.45) is 0 Å². The molecule has 0 amide bonds. The van der Waals surface area contributed by atoms with Gasteiger partial charge in [0.1, 0.15) is 13.2 Å². The molecule has 0 saturated heterocycles. The summed E-state index contributed by atoms with van der Waals surface area (Å²) in [5, 5.41) is 10.4. The lowest BCUT2D eigenvalue weighted by Gasteiger charge is -2.25. The highest BCUT2D eigenvalue weighted by atomic mass is 16.5. The first-order chi connectivity index (χ1) is 13.3. The van der Waals surface area contributed by atoms with Gasteiger partial charge in [0.15, 0.2) is 11.5 Å². The highest BCUT2D eigenvalue weighted by Crippen LogP contribution is 2.41. The Labute approximate surface area is 160 Å². The molecular formula is C24H24O3. The summed E-state index contributed by atoms with van der Waals surface area (Å²) in [6.07, 6.45) is 2.24. The van der Waals surface area contributed by atoms with Gasteiger partial charge in [-0.3, -0.25) is 0 Å². The van der Waals surface area contributed by atoms with E-state index in [4.69, 9.17) is 9.47 Å². The van der Waals surface area contributed by atoms with E-state index in [-0.39, 0.29) is 0 Å². The van der Waals surface area contributed by atoms with Gasteiger partial charge in [-0.2, -0.15) is 0 Å². The van der Waals surface area contributed by atoms with Gasteiger partial charge in [-0.1, -0.05) is 66.7 Å². The van der Waals surface area contributed by atoms with Crippen LogP contribution in [0.15, 0.2) is 72.8 Å². The van der Waals surface area contributed by atoms with E-state index in [0.29, 0.717) is 13.2 Å². The molecule has 3 heteroatoms. The number of aliphatic hydroxyl groups is 1. The summed E-state index contributed by atoms with van der Waals surface area (Å²) < 4.78 is 12.3. The normalized spacial score (nSPS) is 15.8. The van der Waals surface area contributed by atoms with Crippen LogP contribution in [0, 0.1) is 0 Å². The van der Waals surface area contributed by atoms with E-state index in [0.717, 1.165) is 53.0 Å². The molecule has 1 aliphatic carbocycles. The number of rotatable bonds is 6. The monoisotopic (exact) mass is 360 g/mol. The maximum atomic E-state index is 10.4. The maximum Gasteiger partial charge on any atom is 0.165 e. The van der Waals surface area contributed by atoms with Gasteiger partial charge in [-0.25, -0.2) is 0 Å². The number of ether oxygens (including phenoxy) is 2. The molecule has 0 unspecified atom stereocenters. The van der Waals surface area contributed by atoms with Crippen LogP contribution in [0.3, 0.4) is 0 Å². The maximum absolute atomic E-state index is 10.4. The van der Waals surface area contributed by atoms with E-state index in [1.165, 1.54) is 0 Å². The molecule has 0 heterocycles. The first-order valence-electron chi connectivity index (χ1n) is 9.48. The molecular weight excluding hydrogens is 336 g/mol. The van der Waals surface area contributed by atoms with Crippen LogP contribution in [0.2, 0.25) is 0 Å². The molecule has 3 aromatic rings. The molecule has 1 atom stereocenters. The SMILES string of the molecule is O[C@H]1CCCc2c1ccc(OCc1ccccc1)c2OCc1ccccc1. The molecule has 4 rings (SSSR count). The highest BCUT2D eigenvalue weighted by Gasteiger charge is 2.24. The van der Waals surface area contributed by atoms with E-state index < -0.39 is 6.10 Å². The van der Waals surface area contributed by atoms with Crippen molar-refractivity contribution < 1.29 is 14.6 Å². The van der Waals surface area contributed by atoms with E-state index >= 15 is 0 Å². The minimum absolute atomic E-state index is 0.420. The fraction of sp³-hybridized carbons (Fsp3) is 0.250. The number of benzene rings is 3. The van der Waals surface area contributed by atoms with Crippen LogP contribution in [0.5, 0.6) is 11.5 Å². The molecule has 3 aromatic carbocycles. The standard InChI is InChI=1S/C24H24O3/c25-22-13-7-12-21-20(22)14-15-23(26-16-18-8-3-1-4-9-18)24(21)27-17-19-10-5-2-6-11-19/h1-6,8-11,14-15,22,25H,7,12-13,16-17H2/t22-/m0/s1. The Morgan fingerprint density at radius 3 is 2.07 bits per heavy atom. The molecule has 0 bridgehead atoms. The Morgan fingerprint density at radius 2 is 1.41 bits per heavy atom. The molecule has 3 nitrogen and oxygen atoms in total. The van der Waals surface area contributed by atoms with Gasteiger partial charge >= 0.3 is 0 Å². The smallest absolute Gasteiger partial charge is 0.165 e. The largest absolute Gasteiger partial charge is 0.485 e. The van der Waals surface area contributed by atoms with Crippen molar-refractivity contribution in [3.05, 3.63) is 95.1 Å². The molecule has 0 spiro atoms. The first-order valence-corrected chi connectivity index (χ1v) is 9.48. The molecule has 1 N–H and O–H groups in total. The Balaban J connectivity index is 1.61. The number of aliphatic hydroxyl groups excluding tert-OH is 1. The van der Waals surface area contributed by atoms with Crippen molar-refractivity contribution in [1.29, 1.82) is 0 Å². The van der Waals surface area contributed by atoms with E-state index in [2.05, 4.69) is 12.1 Å². The first kappa shape index (κ1) is 17.6. The molecule has 138 valence electrons. The molecule has 0 fully saturated rings. The highest BCUT2D eigenvalue weighted by molar-refractivity contribution is 5.52. The zero-order valence-electron chi connectivity index (χ0n) is 15.3. The van der Waals surface area contributed by atoms with Crippen molar-refractivity contribution in [2.45, 2.75) is 38.6 Å². The van der Waals surface area contributed by atoms with E-state index in [1.807, 2.05) is 60.7 Å². The lowest BCUT2D eigenvalue weighted by Crippen LogP contribution is -2.12. The Morgan fingerprint density at radius 1 is 0.778 bits per heavy atom. The van der Waals surface area contributed by atoms with Gasteiger partial charge in [-0.15, -0.1) is 0 Å². The number of hydrogen-bond acceptors (Lipinski definition) is 3. The molecule has 1 aliphatic rings. The third-order valence-corrected chi connectivity index (χ3v) is 4.99. The van der Waals surface area contributed by atoms with Crippen molar-refractivity contribution in [3.8, 4) is 11.5 Å². The van der Waals surface area contributed by atoms with Crippen LogP contribution in [0.25, 0.3) is 0 Å². The molecule has 0 radical (unpaired) electrons. The second-order valence-electron chi connectivity index (χ2n) is 6.92. The zero-order valence-corrected chi connectivity index (χ0v) is 15.3. The minimum atomic E-state index is -0.420. The fourth-order valence-electron chi connectivity index (χ4n) is 3.56. The summed E-state index contributed by atoms with van der Waals surface area (Å²) >= 11 is 0. The molecule has 0 aromatic heterocycles. The summed E-state index contributed by atoms with van der Waals surface area (Å²) in [6, 6.07) is 24.1. The number of hydrogen-bond donors (Lipinski definition) is 1. The quantitative estimate of drug-likeness (QED) is 0.655. The van der Waals surface area contributed by atoms with Crippen molar-refractivity contribution in [2.75, 3.05) is 0 Å². The van der Waals surface area contributed by atoms with Crippen LogP contribution in [-0.4, -0.2) is 5.11 Å². The van der Waals surface area contributed by atoms with Crippen LogP contribution in [0.4, 0.5) is 0 Å². The second kappa shape index (κ2) is 8.28. The van der Waals surface area contributed by atoms with Crippen LogP contribution in [0.1, 0.15) is 41.2 Å². The van der Waals surface area contributed by atoms with Gasteiger partial charge in [0.2, 0.25) is 0 Å². The third-order valence-electron chi connectivity index (χ3n) is 4.99. The van der Waals surface area contributed by atoms with E-state index in [1.54, 1.807) is 0 Å². The Hall–Kier alpha value is -2.78. The lowest BCUT2D eigenvalue weighted by molar-refractivity contribution is 0.154. The zero-order chi connectivity index (χ0) is 18.5. The average Bonchev–Trinajstić information content (AvgIpc) is 2.72. The Kier molecular flexibility index (Phi) is 5.40. The summed E-state index contributed by atoms with van der Waals surface area (Å²) in [7, 11) is 0. The summed E-state index contributed by atoms with van der Waals surface area (Å²) in [4.78, 5) is 0. The topological polar surface area (TPSA) is 38.7 Å². The predicted molar refractivity (Wildman–Crippen MR) is 106 cm³/mol. The van der Waals surface area contributed by atoms with Crippen molar-refractivity contribution in [1.82, 2.24) is 0 Å². The van der Waals surface area contributed by atoms with Crippen molar-refractivity contribution >= 4 is 0 Å². The second-order valence-corrected chi connectivity index (χ2v) is 6.92. The van der Waals surface area contributed by atoms with Crippen LogP contribution >= 0.6 is 0 Å². The fourth-order valence-corrected chi connectivity index (χ4v) is 3.56. The molecule has 27 heavy (non-hydrogen) atoms. The van der Waals surface area contributed by atoms with Gasteiger partial charge in [0.05, 0.1) is 6.10 Å². The Bertz CT molecular complexity index is 875. The van der Waals surface area contributed by atoms with Gasteiger partial charge in [0, 0.05) is 5.56 Å². The van der Waals surface area contributed by atoms with Gasteiger partial charge in [0.25, 0.3) is 0 Å². The van der Waals surface area contributed by atoms with Crippen molar-refractivity contribution in [3.63, 3.8) is 0 Å².